The number of para-hydroxylation sites is 1. The Labute approximate surface area is 189 Å². The lowest BCUT2D eigenvalue weighted by atomic mass is 9.94. The van der Waals surface area contributed by atoms with E-state index in [9.17, 15) is 14.4 Å². The van der Waals surface area contributed by atoms with E-state index in [1.807, 2.05) is 36.1 Å². The number of nitrogens with zero attached hydrogens (tertiary/aromatic N) is 1. The number of benzene rings is 2. The van der Waals surface area contributed by atoms with Gasteiger partial charge in [0.15, 0.2) is 0 Å². The number of likely N-dealkylation sites (tertiary alicyclic amines) is 1. The first-order valence-electron chi connectivity index (χ1n) is 11.5. The van der Waals surface area contributed by atoms with Crippen molar-refractivity contribution in [2.75, 3.05) is 11.9 Å². The van der Waals surface area contributed by atoms with Crippen LogP contribution in [0.3, 0.4) is 0 Å². The maximum absolute atomic E-state index is 13.0. The summed E-state index contributed by atoms with van der Waals surface area (Å²) in [4.78, 5) is 40.2. The molecule has 3 amide bonds. The van der Waals surface area contributed by atoms with Crippen LogP contribution in [0.1, 0.15) is 60.0 Å². The zero-order valence-electron chi connectivity index (χ0n) is 18.6. The quantitative estimate of drug-likeness (QED) is 0.722. The van der Waals surface area contributed by atoms with Crippen molar-refractivity contribution in [2.45, 2.75) is 58.0 Å². The average molecular weight is 434 g/mol. The minimum absolute atomic E-state index is 0.0705. The van der Waals surface area contributed by atoms with Crippen LogP contribution < -0.4 is 10.6 Å². The summed E-state index contributed by atoms with van der Waals surface area (Å²) in [5.74, 6) is -0.752. The van der Waals surface area contributed by atoms with Gasteiger partial charge < -0.3 is 15.5 Å². The summed E-state index contributed by atoms with van der Waals surface area (Å²) in [6.07, 6.45) is 5.83. The van der Waals surface area contributed by atoms with Crippen molar-refractivity contribution in [3.05, 3.63) is 65.2 Å². The smallest absolute Gasteiger partial charge is 0.253 e. The van der Waals surface area contributed by atoms with Gasteiger partial charge >= 0.3 is 0 Å². The zero-order valence-corrected chi connectivity index (χ0v) is 18.6. The minimum atomic E-state index is -0.381. The first kappa shape index (κ1) is 22.1. The van der Waals surface area contributed by atoms with Crippen molar-refractivity contribution in [2.24, 2.45) is 5.92 Å². The van der Waals surface area contributed by atoms with Gasteiger partial charge in [0.2, 0.25) is 11.8 Å². The average Bonchev–Trinajstić information content (AvgIpc) is 3.21. The zero-order chi connectivity index (χ0) is 22.5. The molecule has 1 atom stereocenters. The summed E-state index contributed by atoms with van der Waals surface area (Å²) < 4.78 is 0. The molecule has 1 saturated heterocycles. The highest BCUT2D eigenvalue weighted by Gasteiger charge is 2.38. The summed E-state index contributed by atoms with van der Waals surface area (Å²) in [5, 5.41) is 5.83. The molecule has 0 aromatic heterocycles. The number of hydrogen-bond acceptors (Lipinski definition) is 3. The number of nitrogens with one attached hydrogen (secondary N) is 2. The van der Waals surface area contributed by atoms with Crippen molar-refractivity contribution in [1.82, 2.24) is 10.2 Å². The number of carbonyl (C=O) groups is 3. The molecule has 1 heterocycles. The molecule has 0 radical (unpaired) electrons. The summed E-state index contributed by atoms with van der Waals surface area (Å²) in [6.45, 7) is 2.90. The van der Waals surface area contributed by atoms with Gasteiger partial charge in [-0.25, -0.2) is 0 Å². The second-order valence-electron chi connectivity index (χ2n) is 8.94. The number of anilines is 1. The van der Waals surface area contributed by atoms with Crippen molar-refractivity contribution in [3.63, 3.8) is 0 Å². The van der Waals surface area contributed by atoms with Crippen LogP contribution in [0, 0.1) is 12.8 Å². The van der Waals surface area contributed by atoms with E-state index in [2.05, 4.69) is 10.6 Å². The summed E-state index contributed by atoms with van der Waals surface area (Å²) >= 11 is 0. The van der Waals surface area contributed by atoms with Gasteiger partial charge in [-0.3, -0.25) is 14.4 Å². The Morgan fingerprint density at radius 3 is 2.47 bits per heavy atom. The maximum Gasteiger partial charge on any atom is 0.253 e. The lowest BCUT2D eigenvalue weighted by Gasteiger charge is -2.31. The van der Waals surface area contributed by atoms with Crippen LogP contribution >= 0.6 is 0 Å². The predicted octanol–water partition coefficient (Wildman–Crippen LogP) is 4.04. The van der Waals surface area contributed by atoms with Crippen molar-refractivity contribution < 1.29 is 14.4 Å². The van der Waals surface area contributed by atoms with Gasteiger partial charge in [0.25, 0.3) is 5.91 Å². The second-order valence-corrected chi connectivity index (χ2v) is 8.94. The monoisotopic (exact) mass is 433 g/mol. The van der Waals surface area contributed by atoms with E-state index in [4.69, 9.17) is 0 Å². The van der Waals surface area contributed by atoms with Crippen molar-refractivity contribution in [3.8, 4) is 0 Å². The minimum Gasteiger partial charge on any atom is -0.348 e. The molecule has 2 N–H and O–H groups in total. The standard InChI is InChI=1S/C26H31N3O3/c1-18-11-13-19(14-12-18)16-27-26(32)22-9-5-6-10-23(22)28-25(31)20-15-24(30)29(17-20)21-7-3-2-4-8-21/h5-6,9-14,20-21H,2-4,7-8,15-17H2,1H3,(H,27,32)(H,28,31). The van der Waals surface area contributed by atoms with Crippen LogP contribution in [0.25, 0.3) is 0 Å². The van der Waals surface area contributed by atoms with E-state index >= 15 is 0 Å². The number of amides is 3. The highest BCUT2D eigenvalue weighted by atomic mass is 16.2. The Bertz CT molecular complexity index is 980. The van der Waals surface area contributed by atoms with E-state index in [0.717, 1.165) is 31.2 Å². The van der Waals surface area contributed by atoms with E-state index in [1.54, 1.807) is 24.3 Å². The molecule has 2 fully saturated rings. The molecule has 0 bridgehead atoms. The van der Waals surface area contributed by atoms with Gasteiger partial charge in [-0.2, -0.15) is 0 Å². The summed E-state index contributed by atoms with van der Waals surface area (Å²) in [6, 6.07) is 15.3. The fourth-order valence-corrected chi connectivity index (χ4v) is 4.66. The maximum atomic E-state index is 13.0. The van der Waals surface area contributed by atoms with E-state index in [-0.39, 0.29) is 36.1 Å². The molecule has 6 nitrogen and oxygen atoms in total. The normalized spacial score (nSPS) is 19.1. The number of rotatable bonds is 6. The van der Waals surface area contributed by atoms with Gasteiger partial charge in [0.1, 0.15) is 0 Å². The van der Waals surface area contributed by atoms with Crippen LogP contribution in [-0.4, -0.2) is 35.2 Å². The van der Waals surface area contributed by atoms with Crippen LogP contribution in [0.2, 0.25) is 0 Å². The molecule has 1 saturated carbocycles. The van der Waals surface area contributed by atoms with Gasteiger partial charge in [0.05, 0.1) is 17.2 Å². The molecule has 168 valence electrons. The highest BCUT2D eigenvalue weighted by molar-refractivity contribution is 6.05. The lowest BCUT2D eigenvalue weighted by molar-refractivity contribution is -0.130. The van der Waals surface area contributed by atoms with Crippen molar-refractivity contribution in [1.29, 1.82) is 0 Å². The van der Waals surface area contributed by atoms with E-state index in [1.165, 1.54) is 12.0 Å². The Morgan fingerprint density at radius 2 is 1.72 bits per heavy atom. The van der Waals surface area contributed by atoms with Gasteiger partial charge in [-0.1, -0.05) is 61.2 Å². The molecule has 2 aliphatic rings. The fourth-order valence-electron chi connectivity index (χ4n) is 4.66. The molecule has 0 spiro atoms. The van der Waals surface area contributed by atoms with Gasteiger partial charge in [0, 0.05) is 25.6 Å². The van der Waals surface area contributed by atoms with Crippen LogP contribution in [-0.2, 0) is 16.1 Å². The molecule has 6 heteroatoms. The third-order valence-electron chi connectivity index (χ3n) is 6.55. The second kappa shape index (κ2) is 9.98. The van der Waals surface area contributed by atoms with E-state index in [0.29, 0.717) is 24.3 Å². The SMILES string of the molecule is Cc1ccc(CNC(=O)c2ccccc2NC(=O)C2CC(=O)N(C3CCCCC3)C2)cc1. The molecule has 2 aromatic carbocycles. The van der Waals surface area contributed by atoms with Gasteiger partial charge in [-0.05, 0) is 37.5 Å². The first-order valence-corrected chi connectivity index (χ1v) is 11.5. The van der Waals surface area contributed by atoms with Crippen LogP contribution in [0.15, 0.2) is 48.5 Å². The Morgan fingerprint density at radius 1 is 1.00 bits per heavy atom. The molecule has 2 aromatic rings. The highest BCUT2D eigenvalue weighted by Crippen LogP contribution is 2.29. The molecule has 4 rings (SSSR count). The van der Waals surface area contributed by atoms with Gasteiger partial charge in [-0.15, -0.1) is 0 Å². The molecule has 1 aliphatic carbocycles. The third kappa shape index (κ3) is 5.18. The van der Waals surface area contributed by atoms with E-state index < -0.39 is 0 Å². The fraction of sp³-hybridized carbons (Fsp3) is 0.423. The summed E-state index contributed by atoms with van der Waals surface area (Å²) in [7, 11) is 0. The molecular weight excluding hydrogens is 402 g/mol. The topological polar surface area (TPSA) is 78.5 Å². The molecular formula is C26H31N3O3. The lowest BCUT2D eigenvalue weighted by Crippen LogP contribution is -2.38. The number of hydrogen-bond donors (Lipinski definition) is 2. The molecule has 32 heavy (non-hydrogen) atoms. The Hall–Kier alpha value is -3.15. The Kier molecular flexibility index (Phi) is 6.88. The van der Waals surface area contributed by atoms with Crippen LogP contribution in [0.4, 0.5) is 5.69 Å². The largest absolute Gasteiger partial charge is 0.348 e. The Balaban J connectivity index is 1.38. The number of carbonyl (C=O) groups excluding carboxylic acids is 3. The predicted molar refractivity (Wildman–Crippen MR) is 124 cm³/mol. The molecule has 1 aliphatic heterocycles. The van der Waals surface area contributed by atoms with Crippen molar-refractivity contribution >= 4 is 23.4 Å². The molecule has 1 unspecified atom stereocenters. The summed E-state index contributed by atoms with van der Waals surface area (Å²) in [5.41, 5.74) is 3.07. The first-order chi connectivity index (χ1) is 15.5. The van der Waals surface area contributed by atoms with Crippen LogP contribution in [0.5, 0.6) is 0 Å². The number of aryl methyl sites for hydroxylation is 1. The third-order valence-corrected chi connectivity index (χ3v) is 6.55.